The van der Waals surface area contributed by atoms with E-state index in [0.717, 1.165) is 56.7 Å². The molecule has 0 rings (SSSR count). The lowest BCUT2D eigenvalue weighted by molar-refractivity contribution is -0.142. The lowest BCUT2D eigenvalue weighted by atomic mass is 10.4. The maximum Gasteiger partial charge on any atom is 0.469 e. The Hall–Kier alpha value is -1.63. The van der Waals surface area contributed by atoms with E-state index in [-0.39, 0.29) is 53.8 Å². The summed E-state index contributed by atoms with van der Waals surface area (Å²) < 4.78 is 39.3. The number of ether oxygens (including phenoxy) is 4. The van der Waals surface area contributed by atoms with Gasteiger partial charge in [-0.15, -0.1) is 0 Å². The van der Waals surface area contributed by atoms with Gasteiger partial charge in [-0.3, -0.25) is 14.4 Å². The second kappa shape index (κ2) is 25.1. The molecule has 0 heterocycles. The van der Waals surface area contributed by atoms with E-state index < -0.39 is 14.8 Å². The zero-order valence-electron chi connectivity index (χ0n) is 24.3. The van der Waals surface area contributed by atoms with E-state index >= 15 is 0 Å². The van der Waals surface area contributed by atoms with Crippen molar-refractivity contribution in [2.24, 2.45) is 0 Å². The third-order valence-electron chi connectivity index (χ3n) is 4.83. The highest BCUT2D eigenvalue weighted by atomic mass is 28.5. The maximum absolute atomic E-state index is 11.8. The Morgan fingerprint density at radius 1 is 0.550 bits per heavy atom. The SMILES string of the molecule is C=C(C)C(=O)OCCC[Si](O[Si]CCCCOC(C)=O)(O[Si]CCCCOC(C)=O)O[Si]CCCCOC(C)=O. The summed E-state index contributed by atoms with van der Waals surface area (Å²) in [5.41, 5.74) is 0.341. The molecule has 0 amide bonds. The number of unbranched alkanes of at least 4 members (excludes halogenated alkanes) is 3. The van der Waals surface area contributed by atoms with Crippen LogP contribution in [0.15, 0.2) is 12.2 Å². The minimum atomic E-state index is -3.09. The van der Waals surface area contributed by atoms with Crippen LogP contribution in [0.4, 0.5) is 0 Å². The molecule has 0 N–H and O–H groups in total. The number of carbonyl (C=O) groups excluding carboxylic acids is 4. The van der Waals surface area contributed by atoms with Crippen molar-refractivity contribution in [3.8, 4) is 0 Å². The fourth-order valence-electron chi connectivity index (χ4n) is 2.82. The van der Waals surface area contributed by atoms with Gasteiger partial charge in [0.2, 0.25) is 29.3 Å². The first-order valence-corrected chi connectivity index (χ1v) is 18.8. The average molecular weight is 633 g/mol. The van der Waals surface area contributed by atoms with Crippen LogP contribution < -0.4 is 0 Å². The Labute approximate surface area is 247 Å². The summed E-state index contributed by atoms with van der Waals surface area (Å²) in [7, 11) is -2.62. The molecular formula is C25H44O11Si4. The number of hydrogen-bond acceptors (Lipinski definition) is 11. The minimum absolute atomic E-state index is 0.154. The Kier molecular flexibility index (Phi) is 24.1. The van der Waals surface area contributed by atoms with E-state index in [4.69, 9.17) is 31.3 Å². The van der Waals surface area contributed by atoms with Crippen LogP contribution in [0.2, 0.25) is 24.2 Å². The van der Waals surface area contributed by atoms with Gasteiger partial charge in [-0.25, -0.2) is 4.79 Å². The topological polar surface area (TPSA) is 133 Å². The van der Waals surface area contributed by atoms with Crippen molar-refractivity contribution in [1.82, 2.24) is 0 Å². The van der Waals surface area contributed by atoms with Crippen LogP contribution in [0, 0.1) is 0 Å². The van der Waals surface area contributed by atoms with E-state index in [9.17, 15) is 19.2 Å². The van der Waals surface area contributed by atoms with E-state index in [1.54, 1.807) is 6.92 Å². The van der Waals surface area contributed by atoms with Gasteiger partial charge in [0.1, 0.15) is 0 Å². The predicted octanol–water partition coefficient (Wildman–Crippen LogP) is 3.63. The Bertz CT molecular complexity index is 683. The smallest absolute Gasteiger partial charge is 0.466 e. The normalized spacial score (nSPS) is 11.1. The summed E-state index contributed by atoms with van der Waals surface area (Å²) >= 11 is 0. The Balaban J connectivity index is 5.02. The van der Waals surface area contributed by atoms with E-state index in [2.05, 4.69) is 6.58 Å². The first-order chi connectivity index (χ1) is 19.1. The van der Waals surface area contributed by atoms with Crippen LogP contribution in [0.5, 0.6) is 0 Å². The van der Waals surface area contributed by atoms with Crippen molar-refractivity contribution in [1.29, 1.82) is 0 Å². The van der Waals surface area contributed by atoms with Gasteiger partial charge in [0.05, 0.1) is 26.4 Å². The lowest BCUT2D eigenvalue weighted by Gasteiger charge is -2.30. The first-order valence-electron chi connectivity index (χ1n) is 13.5. The monoisotopic (exact) mass is 632 g/mol. The second-order valence-corrected chi connectivity index (χ2v) is 15.5. The van der Waals surface area contributed by atoms with Crippen molar-refractivity contribution in [3.63, 3.8) is 0 Å². The largest absolute Gasteiger partial charge is 0.469 e. The highest BCUT2D eigenvalue weighted by molar-refractivity contribution is 6.73. The first kappa shape index (κ1) is 38.4. The van der Waals surface area contributed by atoms with Crippen LogP contribution in [0.1, 0.15) is 72.6 Å². The fourth-order valence-corrected chi connectivity index (χ4v) is 11.3. The highest BCUT2D eigenvalue weighted by Crippen LogP contribution is 2.20. The molecule has 0 unspecified atom stereocenters. The Morgan fingerprint density at radius 2 is 0.900 bits per heavy atom. The van der Waals surface area contributed by atoms with Gasteiger partial charge in [0, 0.05) is 32.4 Å². The molecule has 0 aromatic carbocycles. The molecule has 40 heavy (non-hydrogen) atoms. The van der Waals surface area contributed by atoms with Crippen LogP contribution in [0.3, 0.4) is 0 Å². The molecule has 11 nitrogen and oxygen atoms in total. The molecule has 0 aromatic rings. The molecule has 0 aliphatic rings. The molecule has 0 saturated heterocycles. The summed E-state index contributed by atoms with van der Waals surface area (Å²) in [5, 5.41) is 0. The van der Waals surface area contributed by atoms with E-state index in [1.807, 2.05) is 0 Å². The fraction of sp³-hybridized carbons (Fsp3) is 0.760. The third kappa shape index (κ3) is 24.2. The zero-order chi connectivity index (χ0) is 30.1. The number of rotatable bonds is 26. The highest BCUT2D eigenvalue weighted by Gasteiger charge is 2.40. The van der Waals surface area contributed by atoms with Crippen molar-refractivity contribution in [2.45, 2.75) is 96.8 Å². The number of esters is 4. The summed E-state index contributed by atoms with van der Waals surface area (Å²) in [6.45, 7) is 10.7. The van der Waals surface area contributed by atoms with Gasteiger partial charge in [-0.2, -0.15) is 0 Å². The molecule has 0 aliphatic heterocycles. The number of hydrogen-bond donors (Lipinski definition) is 0. The second-order valence-electron chi connectivity index (χ2n) is 8.83. The molecule has 0 bridgehead atoms. The van der Waals surface area contributed by atoms with Crippen molar-refractivity contribution in [3.05, 3.63) is 12.2 Å². The number of carbonyl (C=O) groups is 4. The van der Waals surface area contributed by atoms with Crippen molar-refractivity contribution in [2.75, 3.05) is 26.4 Å². The molecule has 0 spiro atoms. The summed E-state index contributed by atoms with van der Waals surface area (Å²) in [5.74, 6) is -1.31. The van der Waals surface area contributed by atoms with Gasteiger partial charge >= 0.3 is 32.7 Å². The van der Waals surface area contributed by atoms with Gasteiger partial charge in [0.25, 0.3) is 0 Å². The molecular weight excluding hydrogens is 589 g/mol. The summed E-state index contributed by atoms with van der Waals surface area (Å²) in [6.07, 6.45) is 5.28. The Morgan fingerprint density at radius 3 is 1.23 bits per heavy atom. The van der Waals surface area contributed by atoms with E-state index in [1.165, 1.54) is 20.8 Å². The molecule has 0 saturated carbocycles. The predicted molar refractivity (Wildman–Crippen MR) is 153 cm³/mol. The van der Waals surface area contributed by atoms with Gasteiger partial charge in [-0.1, -0.05) is 25.8 Å². The van der Waals surface area contributed by atoms with E-state index in [0.29, 0.717) is 37.9 Å². The molecule has 0 fully saturated rings. The molecule has 15 heteroatoms. The van der Waals surface area contributed by atoms with Gasteiger partial charge in [0.15, 0.2) is 0 Å². The lowest BCUT2D eigenvalue weighted by Crippen LogP contribution is -2.48. The molecule has 226 valence electrons. The molecule has 0 atom stereocenters. The van der Waals surface area contributed by atoms with Crippen molar-refractivity contribution < 1.29 is 50.5 Å². The standard InChI is InChI=1S/C25H44O11Si4/c1-21(2)25(29)33-16-12-20-40(34-37-17-9-6-13-30-22(3)26,35-38-18-10-7-14-31-23(4)27)36-39-19-11-8-15-32-24(5)28/h1,6-20H2,2-5H3. The average Bonchev–Trinajstić information content (AvgIpc) is 2.88. The maximum atomic E-state index is 11.8. The van der Waals surface area contributed by atoms with Gasteiger partial charge in [-0.05, 0) is 50.7 Å². The van der Waals surface area contributed by atoms with Crippen LogP contribution >= 0.6 is 0 Å². The third-order valence-corrected chi connectivity index (χ3v) is 12.9. The zero-order valence-corrected chi connectivity index (χ0v) is 28.3. The quantitative estimate of drug-likeness (QED) is 0.0455. The molecule has 0 aromatic heterocycles. The van der Waals surface area contributed by atoms with Crippen molar-refractivity contribution >= 4 is 62.0 Å². The van der Waals surface area contributed by atoms with Gasteiger partial charge < -0.3 is 31.3 Å². The van der Waals surface area contributed by atoms with Crippen LogP contribution in [-0.4, -0.2) is 88.4 Å². The molecule has 6 radical (unpaired) electrons. The molecule has 0 aliphatic carbocycles. The van der Waals surface area contributed by atoms with Crippen LogP contribution in [-0.2, 0) is 50.5 Å². The minimum Gasteiger partial charge on any atom is -0.466 e. The summed E-state index contributed by atoms with van der Waals surface area (Å²) in [6, 6.07) is 2.84. The summed E-state index contributed by atoms with van der Waals surface area (Å²) in [4.78, 5) is 44.6. The van der Waals surface area contributed by atoms with Crippen LogP contribution in [0.25, 0.3) is 0 Å².